The van der Waals surface area contributed by atoms with Gasteiger partial charge in [-0.05, 0) is 68.6 Å². The first-order valence-electron chi connectivity index (χ1n) is 10.6. The summed E-state index contributed by atoms with van der Waals surface area (Å²) < 4.78 is 24.2. The fourth-order valence-corrected chi connectivity index (χ4v) is 3.81. The van der Waals surface area contributed by atoms with Gasteiger partial charge in [0.25, 0.3) is 0 Å². The molecular formula is C24H27FN2O3. The lowest BCUT2D eigenvalue weighted by atomic mass is 10.0. The molecule has 30 heavy (non-hydrogen) atoms. The molecule has 5 nitrogen and oxygen atoms in total. The van der Waals surface area contributed by atoms with Crippen molar-refractivity contribution in [2.45, 2.75) is 31.7 Å². The predicted molar refractivity (Wildman–Crippen MR) is 113 cm³/mol. The summed E-state index contributed by atoms with van der Waals surface area (Å²) in [6, 6.07) is 13.8. The molecular weight excluding hydrogens is 383 g/mol. The number of rotatable bonds is 8. The minimum atomic E-state index is -0.246. The van der Waals surface area contributed by atoms with Gasteiger partial charge in [-0.1, -0.05) is 12.1 Å². The molecule has 2 heterocycles. The van der Waals surface area contributed by atoms with E-state index < -0.39 is 0 Å². The van der Waals surface area contributed by atoms with Crippen LogP contribution in [-0.4, -0.2) is 43.0 Å². The minimum absolute atomic E-state index is 0.0570. The summed E-state index contributed by atoms with van der Waals surface area (Å²) in [5, 5.41) is 3.37. The van der Waals surface area contributed by atoms with Gasteiger partial charge in [-0.2, -0.15) is 0 Å². The molecule has 158 valence electrons. The van der Waals surface area contributed by atoms with E-state index in [1.807, 2.05) is 18.2 Å². The molecule has 1 N–H and O–H groups in total. The third-order valence-electron chi connectivity index (χ3n) is 5.56. The van der Waals surface area contributed by atoms with Gasteiger partial charge in [-0.15, -0.1) is 0 Å². The maximum absolute atomic E-state index is 12.9. The molecule has 2 aromatic rings. The molecule has 0 atom stereocenters. The van der Waals surface area contributed by atoms with Gasteiger partial charge < -0.3 is 19.7 Å². The van der Waals surface area contributed by atoms with Crippen molar-refractivity contribution in [1.82, 2.24) is 10.2 Å². The van der Waals surface area contributed by atoms with Gasteiger partial charge in [0.05, 0.1) is 12.2 Å². The number of piperidine rings is 1. The Labute approximate surface area is 176 Å². The number of ketones is 1. The fraction of sp³-hybridized carbons (Fsp3) is 0.375. The topological polar surface area (TPSA) is 50.8 Å². The molecule has 0 amide bonds. The van der Waals surface area contributed by atoms with Crippen LogP contribution >= 0.6 is 0 Å². The van der Waals surface area contributed by atoms with Crippen LogP contribution in [0.4, 0.5) is 4.39 Å². The molecule has 0 aromatic heterocycles. The van der Waals surface area contributed by atoms with E-state index in [0.717, 1.165) is 45.3 Å². The van der Waals surface area contributed by atoms with Crippen LogP contribution in [0.1, 0.15) is 36.0 Å². The van der Waals surface area contributed by atoms with Crippen molar-refractivity contribution >= 4 is 5.78 Å². The van der Waals surface area contributed by atoms with Crippen LogP contribution in [-0.2, 0) is 0 Å². The van der Waals surface area contributed by atoms with Gasteiger partial charge in [0.15, 0.2) is 5.76 Å². The number of fused-ring (bicyclic) bond motifs is 1. The fourth-order valence-electron chi connectivity index (χ4n) is 3.81. The molecule has 2 aromatic carbocycles. The van der Waals surface area contributed by atoms with E-state index in [4.69, 9.17) is 9.47 Å². The van der Waals surface area contributed by atoms with Crippen molar-refractivity contribution in [2.24, 2.45) is 0 Å². The highest BCUT2D eigenvalue weighted by molar-refractivity contribution is 6.12. The number of nitrogens with zero attached hydrogens (tertiary/aromatic N) is 1. The largest absolute Gasteiger partial charge is 0.494 e. The molecule has 0 spiro atoms. The van der Waals surface area contributed by atoms with Crippen LogP contribution in [0, 0.1) is 5.82 Å². The summed E-state index contributed by atoms with van der Waals surface area (Å²) in [6.07, 6.45) is 5.86. The van der Waals surface area contributed by atoms with E-state index in [2.05, 4.69) is 10.2 Å². The number of hydrogen-bond donors (Lipinski definition) is 1. The molecule has 4 rings (SSSR count). The van der Waals surface area contributed by atoms with Crippen molar-refractivity contribution in [1.29, 1.82) is 0 Å². The summed E-state index contributed by atoms with van der Waals surface area (Å²) in [7, 11) is 0. The number of hydrogen-bond acceptors (Lipinski definition) is 5. The number of allylic oxidation sites excluding steroid dienone is 1. The lowest BCUT2D eigenvalue weighted by molar-refractivity contribution is 0.101. The Bertz CT molecular complexity index is 890. The smallest absolute Gasteiger partial charge is 0.233 e. The standard InChI is InChI=1S/C24H27FN2O3/c25-18-7-9-20(10-8-18)29-16-4-3-13-27-14-11-19(12-15-27)26-17-23-24(28)21-5-1-2-6-22(21)30-23/h1-2,5-10,17,19,26H,3-4,11-16H2. The van der Waals surface area contributed by atoms with Gasteiger partial charge in [0.2, 0.25) is 5.78 Å². The number of para-hydroxylation sites is 1. The number of carbonyl (C=O) groups is 1. The number of Topliss-reactive ketones (excluding diaryl/α,β-unsaturated/α-hetero) is 1. The van der Waals surface area contributed by atoms with Crippen molar-refractivity contribution in [3.8, 4) is 11.5 Å². The second-order valence-corrected chi connectivity index (χ2v) is 7.73. The molecule has 1 fully saturated rings. The van der Waals surface area contributed by atoms with Gasteiger partial charge in [0.1, 0.15) is 17.3 Å². The zero-order chi connectivity index (χ0) is 20.8. The summed E-state index contributed by atoms with van der Waals surface area (Å²) in [6.45, 7) is 3.77. The van der Waals surface area contributed by atoms with Crippen molar-refractivity contribution in [3.63, 3.8) is 0 Å². The zero-order valence-electron chi connectivity index (χ0n) is 17.0. The molecule has 0 aliphatic carbocycles. The molecule has 0 radical (unpaired) electrons. The number of likely N-dealkylation sites (tertiary alicyclic amines) is 1. The van der Waals surface area contributed by atoms with E-state index >= 15 is 0 Å². The Morgan fingerprint density at radius 2 is 1.87 bits per heavy atom. The second-order valence-electron chi connectivity index (χ2n) is 7.73. The second kappa shape index (κ2) is 9.76. The third kappa shape index (κ3) is 5.19. The van der Waals surface area contributed by atoms with Crippen LogP contribution in [0.25, 0.3) is 0 Å². The summed E-state index contributed by atoms with van der Waals surface area (Å²) >= 11 is 0. The lowest BCUT2D eigenvalue weighted by Gasteiger charge is -2.32. The molecule has 0 unspecified atom stereocenters. The number of unbranched alkanes of at least 4 members (excludes halogenated alkanes) is 1. The highest BCUT2D eigenvalue weighted by Gasteiger charge is 2.27. The summed E-state index contributed by atoms with van der Waals surface area (Å²) in [5.74, 6) is 1.42. The van der Waals surface area contributed by atoms with E-state index in [0.29, 0.717) is 35.5 Å². The first-order valence-corrected chi connectivity index (χ1v) is 10.6. The first-order chi connectivity index (χ1) is 14.7. The average Bonchev–Trinajstić information content (AvgIpc) is 3.10. The van der Waals surface area contributed by atoms with E-state index in [1.165, 1.54) is 12.1 Å². The maximum Gasteiger partial charge on any atom is 0.233 e. The maximum atomic E-state index is 12.9. The Morgan fingerprint density at radius 1 is 1.10 bits per heavy atom. The number of carbonyl (C=O) groups excluding carboxylic acids is 1. The van der Waals surface area contributed by atoms with E-state index in [-0.39, 0.29) is 11.6 Å². The highest BCUT2D eigenvalue weighted by Crippen LogP contribution is 2.30. The van der Waals surface area contributed by atoms with E-state index in [9.17, 15) is 9.18 Å². The first kappa shape index (κ1) is 20.4. The normalized spacial score (nSPS) is 18.3. The highest BCUT2D eigenvalue weighted by atomic mass is 19.1. The number of nitrogens with one attached hydrogen (secondary N) is 1. The third-order valence-corrected chi connectivity index (χ3v) is 5.56. The quantitative estimate of drug-likeness (QED) is 0.523. The summed E-state index contributed by atoms with van der Waals surface area (Å²) in [5.41, 5.74) is 0.628. The molecule has 0 bridgehead atoms. The lowest BCUT2D eigenvalue weighted by Crippen LogP contribution is -2.41. The van der Waals surface area contributed by atoms with Gasteiger partial charge >= 0.3 is 0 Å². The van der Waals surface area contributed by atoms with Crippen LogP contribution < -0.4 is 14.8 Å². The van der Waals surface area contributed by atoms with Gasteiger partial charge in [-0.25, -0.2) is 4.39 Å². The van der Waals surface area contributed by atoms with E-state index in [1.54, 1.807) is 24.4 Å². The van der Waals surface area contributed by atoms with Crippen molar-refractivity contribution in [3.05, 3.63) is 71.9 Å². The van der Waals surface area contributed by atoms with Crippen LogP contribution in [0.2, 0.25) is 0 Å². The van der Waals surface area contributed by atoms with Gasteiger partial charge in [-0.3, -0.25) is 4.79 Å². The number of benzene rings is 2. The number of ether oxygens (including phenoxy) is 2. The molecule has 2 aliphatic rings. The number of halogens is 1. The Kier molecular flexibility index (Phi) is 6.64. The molecule has 1 saturated heterocycles. The predicted octanol–water partition coefficient (Wildman–Crippen LogP) is 4.16. The summed E-state index contributed by atoms with van der Waals surface area (Å²) in [4.78, 5) is 14.8. The zero-order valence-corrected chi connectivity index (χ0v) is 17.0. The van der Waals surface area contributed by atoms with Crippen LogP contribution in [0.15, 0.2) is 60.5 Å². The monoisotopic (exact) mass is 410 g/mol. The Morgan fingerprint density at radius 3 is 2.63 bits per heavy atom. The van der Waals surface area contributed by atoms with Crippen molar-refractivity contribution in [2.75, 3.05) is 26.2 Å². The van der Waals surface area contributed by atoms with Crippen molar-refractivity contribution < 1.29 is 18.7 Å². The Balaban J connectivity index is 1.11. The minimum Gasteiger partial charge on any atom is -0.494 e. The average molecular weight is 410 g/mol. The molecule has 6 heteroatoms. The van der Waals surface area contributed by atoms with Gasteiger partial charge in [0, 0.05) is 25.3 Å². The van der Waals surface area contributed by atoms with Crippen LogP contribution in [0.3, 0.4) is 0 Å². The SMILES string of the molecule is O=C1C(=CNC2CCN(CCCCOc3ccc(F)cc3)CC2)Oc2ccccc21. The van der Waals surface area contributed by atoms with Crippen LogP contribution in [0.5, 0.6) is 11.5 Å². The molecule has 0 saturated carbocycles. The Hall–Kier alpha value is -2.86. The molecule has 2 aliphatic heterocycles.